The molecule has 0 heterocycles. The third-order valence-electron chi connectivity index (χ3n) is 5.78. The number of benzene rings is 3. The number of nitrogens with one attached hydrogen (secondary N) is 2. The molecule has 1 aliphatic carbocycles. The van der Waals surface area contributed by atoms with Gasteiger partial charge >= 0.3 is 0 Å². The zero-order valence-electron chi connectivity index (χ0n) is 17.2. The van der Waals surface area contributed by atoms with Crippen molar-refractivity contribution in [2.75, 3.05) is 5.32 Å². The van der Waals surface area contributed by atoms with Crippen LogP contribution in [0.25, 0.3) is 11.1 Å². The summed E-state index contributed by atoms with van der Waals surface area (Å²) >= 11 is 0. The Kier molecular flexibility index (Phi) is 6.41. The fraction of sp³-hybridized carbons (Fsp3) is 0.231. The molecule has 158 valence electrons. The van der Waals surface area contributed by atoms with Gasteiger partial charge in [0.2, 0.25) is 5.91 Å². The number of halogens is 1. The Morgan fingerprint density at radius 3 is 2.26 bits per heavy atom. The maximum atomic E-state index is 14.1. The summed E-state index contributed by atoms with van der Waals surface area (Å²) in [7, 11) is 0. The number of amides is 2. The molecule has 4 nitrogen and oxygen atoms in total. The summed E-state index contributed by atoms with van der Waals surface area (Å²) in [6.45, 7) is 0. The van der Waals surface area contributed by atoms with Gasteiger partial charge in [0.25, 0.3) is 5.91 Å². The number of carbonyl (C=O) groups excluding carboxylic acids is 2. The first kappa shape index (κ1) is 20.8. The second-order valence-electron chi connectivity index (χ2n) is 7.94. The van der Waals surface area contributed by atoms with Crippen molar-refractivity contribution in [1.29, 1.82) is 0 Å². The minimum atomic E-state index is -0.290. The predicted molar refractivity (Wildman–Crippen MR) is 120 cm³/mol. The van der Waals surface area contributed by atoms with E-state index in [1.54, 1.807) is 36.4 Å². The van der Waals surface area contributed by atoms with E-state index in [9.17, 15) is 14.0 Å². The predicted octanol–water partition coefficient (Wildman–Crippen LogP) is 5.42. The topological polar surface area (TPSA) is 58.2 Å². The molecule has 0 unspecified atom stereocenters. The molecule has 2 amide bonds. The van der Waals surface area contributed by atoms with Crippen LogP contribution in [0.3, 0.4) is 0 Å². The van der Waals surface area contributed by atoms with Crippen LogP contribution in [0.5, 0.6) is 0 Å². The third-order valence-corrected chi connectivity index (χ3v) is 5.78. The van der Waals surface area contributed by atoms with Gasteiger partial charge in [0.1, 0.15) is 5.82 Å². The highest BCUT2D eigenvalue weighted by Gasteiger charge is 2.27. The highest BCUT2D eigenvalue weighted by molar-refractivity contribution is 5.95. The molecule has 0 radical (unpaired) electrons. The van der Waals surface area contributed by atoms with E-state index < -0.39 is 0 Å². The van der Waals surface area contributed by atoms with Crippen molar-refractivity contribution >= 4 is 17.5 Å². The fourth-order valence-electron chi connectivity index (χ4n) is 4.06. The Labute approximate surface area is 181 Å². The van der Waals surface area contributed by atoms with Gasteiger partial charge in [-0.25, -0.2) is 4.39 Å². The Morgan fingerprint density at radius 1 is 0.806 bits per heavy atom. The lowest BCUT2D eigenvalue weighted by Gasteiger charge is -2.28. The molecule has 0 aromatic heterocycles. The molecule has 2 N–H and O–H groups in total. The van der Waals surface area contributed by atoms with Crippen LogP contribution in [0.4, 0.5) is 10.1 Å². The molecule has 0 spiro atoms. The molecule has 1 aliphatic rings. The molecule has 0 atom stereocenters. The fourth-order valence-corrected chi connectivity index (χ4v) is 4.06. The van der Waals surface area contributed by atoms with E-state index in [0.29, 0.717) is 16.8 Å². The quantitative estimate of drug-likeness (QED) is 0.583. The monoisotopic (exact) mass is 416 g/mol. The van der Waals surface area contributed by atoms with Crippen molar-refractivity contribution in [2.24, 2.45) is 5.92 Å². The summed E-state index contributed by atoms with van der Waals surface area (Å²) in [5, 5.41) is 6.04. The molecular formula is C26H25FN2O2. The molecule has 0 bridgehead atoms. The molecule has 31 heavy (non-hydrogen) atoms. The molecule has 3 aromatic rings. The van der Waals surface area contributed by atoms with Crippen molar-refractivity contribution in [1.82, 2.24) is 5.32 Å². The second-order valence-corrected chi connectivity index (χ2v) is 7.94. The van der Waals surface area contributed by atoms with E-state index in [2.05, 4.69) is 10.6 Å². The van der Waals surface area contributed by atoms with Gasteiger partial charge in [-0.15, -0.1) is 0 Å². The molecule has 0 aliphatic heterocycles. The van der Waals surface area contributed by atoms with Gasteiger partial charge in [-0.1, -0.05) is 48.5 Å². The average Bonchev–Trinajstić information content (AvgIpc) is 2.80. The van der Waals surface area contributed by atoms with E-state index in [0.717, 1.165) is 31.2 Å². The van der Waals surface area contributed by atoms with E-state index >= 15 is 0 Å². The van der Waals surface area contributed by atoms with Crippen LogP contribution in [0, 0.1) is 11.7 Å². The summed E-state index contributed by atoms with van der Waals surface area (Å²) in [4.78, 5) is 25.1. The van der Waals surface area contributed by atoms with Crippen molar-refractivity contribution in [3.63, 3.8) is 0 Å². The number of anilines is 1. The smallest absolute Gasteiger partial charge is 0.251 e. The standard InChI is InChI=1S/C26H25FN2O2/c27-24-12-5-4-11-23(24)20-9-6-10-22(17-20)29-26(31)19-13-15-21(16-14-19)28-25(30)18-7-2-1-3-8-18/h1-12,17,19,21H,13-16H2,(H,28,30)(H,29,31)/t19-,21+. The van der Waals surface area contributed by atoms with Crippen molar-refractivity contribution in [2.45, 2.75) is 31.7 Å². The lowest BCUT2D eigenvalue weighted by atomic mass is 9.85. The highest BCUT2D eigenvalue weighted by atomic mass is 19.1. The molecule has 4 rings (SSSR count). The molecule has 3 aromatic carbocycles. The largest absolute Gasteiger partial charge is 0.349 e. The Hall–Kier alpha value is -3.47. The minimum Gasteiger partial charge on any atom is -0.349 e. The molecular weight excluding hydrogens is 391 g/mol. The molecule has 0 saturated heterocycles. The van der Waals surface area contributed by atoms with Gasteiger partial charge in [-0.2, -0.15) is 0 Å². The van der Waals surface area contributed by atoms with Gasteiger partial charge in [0.05, 0.1) is 0 Å². The molecule has 1 saturated carbocycles. The lowest BCUT2D eigenvalue weighted by molar-refractivity contribution is -0.120. The first-order valence-corrected chi connectivity index (χ1v) is 10.6. The summed E-state index contributed by atoms with van der Waals surface area (Å²) in [6.07, 6.45) is 2.98. The third kappa shape index (κ3) is 5.18. The van der Waals surface area contributed by atoms with Gasteiger partial charge in [0.15, 0.2) is 0 Å². The molecule has 5 heteroatoms. The normalized spacial score (nSPS) is 18.2. The van der Waals surface area contributed by atoms with Crippen LogP contribution in [0.15, 0.2) is 78.9 Å². The minimum absolute atomic E-state index is 0.0291. The Morgan fingerprint density at radius 2 is 1.52 bits per heavy atom. The summed E-state index contributed by atoms with van der Waals surface area (Å²) < 4.78 is 14.1. The summed E-state index contributed by atoms with van der Waals surface area (Å²) in [6, 6.07) is 23.1. The van der Waals surface area contributed by atoms with Crippen LogP contribution < -0.4 is 10.6 Å². The van der Waals surface area contributed by atoms with Crippen molar-refractivity contribution in [3.05, 3.63) is 90.2 Å². The lowest BCUT2D eigenvalue weighted by Crippen LogP contribution is -2.39. The zero-order chi connectivity index (χ0) is 21.6. The van der Waals surface area contributed by atoms with E-state index in [4.69, 9.17) is 0 Å². The number of rotatable bonds is 5. The number of carbonyl (C=O) groups is 2. The first-order valence-electron chi connectivity index (χ1n) is 10.6. The van der Waals surface area contributed by atoms with Crippen LogP contribution in [-0.4, -0.2) is 17.9 Å². The number of hydrogen-bond donors (Lipinski definition) is 2. The van der Waals surface area contributed by atoms with Gasteiger partial charge in [0, 0.05) is 28.8 Å². The highest BCUT2D eigenvalue weighted by Crippen LogP contribution is 2.28. The molecule has 1 fully saturated rings. The van der Waals surface area contributed by atoms with Crippen molar-refractivity contribution in [3.8, 4) is 11.1 Å². The Bertz CT molecular complexity index is 1060. The maximum Gasteiger partial charge on any atom is 0.251 e. The van der Waals surface area contributed by atoms with E-state index in [-0.39, 0.29) is 29.6 Å². The van der Waals surface area contributed by atoms with E-state index in [1.165, 1.54) is 6.07 Å². The van der Waals surface area contributed by atoms with Gasteiger partial charge < -0.3 is 10.6 Å². The van der Waals surface area contributed by atoms with Crippen LogP contribution in [0.2, 0.25) is 0 Å². The zero-order valence-corrected chi connectivity index (χ0v) is 17.2. The van der Waals surface area contributed by atoms with Crippen LogP contribution >= 0.6 is 0 Å². The number of hydrogen-bond acceptors (Lipinski definition) is 2. The van der Waals surface area contributed by atoms with Crippen molar-refractivity contribution < 1.29 is 14.0 Å². The SMILES string of the molecule is O=C(N[C@H]1CC[C@@H](C(=O)Nc2cccc(-c3ccccc3F)c2)CC1)c1ccccc1. The average molecular weight is 416 g/mol. The van der Waals surface area contributed by atoms with Crippen LogP contribution in [-0.2, 0) is 4.79 Å². The summed E-state index contributed by atoms with van der Waals surface area (Å²) in [5.41, 5.74) is 2.54. The Balaban J connectivity index is 1.32. The van der Waals surface area contributed by atoms with Gasteiger partial charge in [-0.3, -0.25) is 9.59 Å². The summed E-state index contributed by atoms with van der Waals surface area (Å²) in [5.74, 6) is -0.485. The van der Waals surface area contributed by atoms with Gasteiger partial charge in [-0.05, 0) is 61.6 Å². The van der Waals surface area contributed by atoms with Crippen LogP contribution in [0.1, 0.15) is 36.0 Å². The first-order chi connectivity index (χ1) is 15.1. The second kappa shape index (κ2) is 9.56. The van der Waals surface area contributed by atoms with E-state index in [1.807, 2.05) is 36.4 Å². The maximum absolute atomic E-state index is 14.1.